The zero-order valence-electron chi connectivity index (χ0n) is 16.2. The topological polar surface area (TPSA) is 77.5 Å². The molecule has 0 saturated carbocycles. The molecule has 142 valence electrons. The highest BCUT2D eigenvalue weighted by Gasteiger charge is 2.17. The van der Waals surface area contributed by atoms with E-state index in [1.54, 1.807) is 31.0 Å². The van der Waals surface area contributed by atoms with Gasteiger partial charge in [0.1, 0.15) is 11.9 Å². The largest absolute Gasteiger partial charge is 0.490 e. The van der Waals surface area contributed by atoms with E-state index in [1.807, 2.05) is 26.1 Å². The molecule has 0 atom stereocenters. The van der Waals surface area contributed by atoms with Gasteiger partial charge in [-0.1, -0.05) is 0 Å². The molecule has 0 bridgehead atoms. The summed E-state index contributed by atoms with van der Waals surface area (Å²) >= 11 is 0. The second-order valence-electron chi connectivity index (χ2n) is 6.73. The van der Waals surface area contributed by atoms with Gasteiger partial charge in [-0.05, 0) is 64.0 Å². The standard InChI is InChI=1S/C20H30N4O2/c1-14(21)19(15(2)22-3)13-24(4)20(25)16-5-7-17(8-6-16)26-18-9-11-23-12-10-18/h5-8,18,21-23H,9-13H2,1-4H3/b19-15-,21-14?. The van der Waals surface area contributed by atoms with E-state index < -0.39 is 0 Å². The number of carbonyl (C=O) groups is 1. The van der Waals surface area contributed by atoms with Gasteiger partial charge in [0.05, 0.1) is 0 Å². The highest BCUT2D eigenvalue weighted by atomic mass is 16.5. The molecule has 0 unspecified atom stereocenters. The quantitative estimate of drug-likeness (QED) is 0.654. The van der Waals surface area contributed by atoms with Crippen molar-refractivity contribution < 1.29 is 9.53 Å². The Bertz CT molecular complexity index is 661. The molecule has 1 fully saturated rings. The predicted octanol–water partition coefficient (Wildman–Crippen LogP) is 2.42. The number of ether oxygens (including phenoxy) is 1. The number of nitrogens with one attached hydrogen (secondary N) is 3. The van der Waals surface area contributed by atoms with E-state index in [1.165, 1.54) is 0 Å². The lowest BCUT2D eigenvalue weighted by Gasteiger charge is -2.24. The van der Waals surface area contributed by atoms with E-state index in [0.717, 1.165) is 43.0 Å². The van der Waals surface area contributed by atoms with Crippen molar-refractivity contribution in [1.82, 2.24) is 15.5 Å². The molecule has 0 aliphatic carbocycles. The summed E-state index contributed by atoms with van der Waals surface area (Å²) < 4.78 is 5.98. The first kappa shape index (κ1) is 20.0. The first-order valence-corrected chi connectivity index (χ1v) is 9.08. The molecule has 0 radical (unpaired) electrons. The fourth-order valence-electron chi connectivity index (χ4n) is 2.98. The molecular formula is C20H30N4O2. The van der Waals surface area contributed by atoms with Crippen LogP contribution in [0.3, 0.4) is 0 Å². The number of nitrogens with zero attached hydrogens (tertiary/aromatic N) is 1. The van der Waals surface area contributed by atoms with Gasteiger partial charge in [0.15, 0.2) is 0 Å². The monoisotopic (exact) mass is 358 g/mol. The van der Waals surface area contributed by atoms with Gasteiger partial charge in [-0.3, -0.25) is 4.79 Å². The zero-order chi connectivity index (χ0) is 19.1. The van der Waals surface area contributed by atoms with Gasteiger partial charge < -0.3 is 25.7 Å². The van der Waals surface area contributed by atoms with Crippen LogP contribution in [0.15, 0.2) is 35.5 Å². The molecular weight excluding hydrogens is 328 g/mol. The van der Waals surface area contributed by atoms with Crippen LogP contribution in [-0.2, 0) is 0 Å². The third kappa shape index (κ3) is 5.33. The number of carbonyl (C=O) groups excluding carboxylic acids is 1. The molecule has 0 aromatic heterocycles. The van der Waals surface area contributed by atoms with Gasteiger partial charge in [-0.2, -0.15) is 0 Å². The molecule has 1 aliphatic rings. The summed E-state index contributed by atoms with van der Waals surface area (Å²) in [4.78, 5) is 14.3. The van der Waals surface area contributed by atoms with E-state index in [4.69, 9.17) is 10.1 Å². The Morgan fingerprint density at radius 3 is 2.42 bits per heavy atom. The molecule has 6 nitrogen and oxygen atoms in total. The van der Waals surface area contributed by atoms with Crippen molar-refractivity contribution in [3.05, 3.63) is 41.1 Å². The molecule has 1 aromatic carbocycles. The van der Waals surface area contributed by atoms with Gasteiger partial charge in [0.2, 0.25) is 0 Å². The summed E-state index contributed by atoms with van der Waals surface area (Å²) in [6, 6.07) is 7.34. The lowest BCUT2D eigenvalue weighted by Crippen LogP contribution is -2.34. The first-order valence-electron chi connectivity index (χ1n) is 9.08. The lowest BCUT2D eigenvalue weighted by molar-refractivity contribution is 0.0808. The fourth-order valence-corrected chi connectivity index (χ4v) is 2.98. The number of hydrogen-bond donors (Lipinski definition) is 3. The Labute approximate surface area is 156 Å². The Balaban J connectivity index is 2.00. The third-order valence-corrected chi connectivity index (χ3v) is 4.71. The molecule has 26 heavy (non-hydrogen) atoms. The van der Waals surface area contributed by atoms with Crippen molar-refractivity contribution in [1.29, 1.82) is 5.41 Å². The number of amides is 1. The summed E-state index contributed by atoms with van der Waals surface area (Å²) in [6.45, 7) is 6.02. The summed E-state index contributed by atoms with van der Waals surface area (Å²) in [5, 5.41) is 14.3. The molecule has 3 N–H and O–H groups in total. The van der Waals surface area contributed by atoms with Gasteiger partial charge >= 0.3 is 0 Å². The Morgan fingerprint density at radius 1 is 1.27 bits per heavy atom. The van der Waals surface area contributed by atoms with Crippen molar-refractivity contribution >= 4 is 11.6 Å². The second-order valence-corrected chi connectivity index (χ2v) is 6.73. The Kier molecular flexibility index (Phi) is 7.21. The van der Waals surface area contributed by atoms with Crippen LogP contribution < -0.4 is 15.4 Å². The SMILES string of the molecule is CN/C(C)=C(/CN(C)C(=O)c1ccc(OC2CCNCC2)cc1)C(C)=N. The molecule has 2 rings (SSSR count). The van der Waals surface area contributed by atoms with E-state index >= 15 is 0 Å². The average Bonchev–Trinajstić information content (AvgIpc) is 2.66. The Hall–Kier alpha value is -2.34. The van der Waals surface area contributed by atoms with Crippen LogP contribution in [0.25, 0.3) is 0 Å². The molecule has 6 heteroatoms. The van der Waals surface area contributed by atoms with Crippen LogP contribution in [0.1, 0.15) is 37.0 Å². The van der Waals surface area contributed by atoms with Gasteiger partial charge in [0.25, 0.3) is 5.91 Å². The Morgan fingerprint density at radius 2 is 1.88 bits per heavy atom. The van der Waals surface area contributed by atoms with Crippen molar-refractivity contribution in [2.45, 2.75) is 32.8 Å². The van der Waals surface area contributed by atoms with Crippen molar-refractivity contribution in [2.24, 2.45) is 0 Å². The number of benzene rings is 1. The highest BCUT2D eigenvalue weighted by molar-refractivity contribution is 5.99. The van der Waals surface area contributed by atoms with Crippen LogP contribution in [0.4, 0.5) is 0 Å². The third-order valence-electron chi connectivity index (χ3n) is 4.71. The van der Waals surface area contributed by atoms with Crippen LogP contribution in [0.2, 0.25) is 0 Å². The summed E-state index contributed by atoms with van der Waals surface area (Å²) in [5.41, 5.74) is 2.81. The van der Waals surface area contributed by atoms with Gasteiger partial charge in [-0.25, -0.2) is 0 Å². The normalized spacial score (nSPS) is 15.8. The van der Waals surface area contributed by atoms with E-state index in [9.17, 15) is 4.79 Å². The minimum absolute atomic E-state index is 0.0685. The van der Waals surface area contributed by atoms with E-state index in [2.05, 4.69) is 10.6 Å². The maximum atomic E-state index is 12.7. The summed E-state index contributed by atoms with van der Waals surface area (Å²) in [6.07, 6.45) is 2.26. The van der Waals surface area contributed by atoms with E-state index in [-0.39, 0.29) is 12.0 Å². The number of rotatable bonds is 7. The molecule has 0 spiro atoms. The predicted molar refractivity (Wildman–Crippen MR) is 105 cm³/mol. The van der Waals surface area contributed by atoms with E-state index in [0.29, 0.717) is 17.8 Å². The summed E-state index contributed by atoms with van der Waals surface area (Å²) in [7, 11) is 3.58. The molecule has 1 heterocycles. The van der Waals surface area contributed by atoms with Crippen molar-refractivity contribution in [2.75, 3.05) is 33.7 Å². The average molecular weight is 358 g/mol. The second kappa shape index (κ2) is 9.38. The minimum Gasteiger partial charge on any atom is -0.490 e. The van der Waals surface area contributed by atoms with Crippen molar-refractivity contribution in [3.8, 4) is 5.75 Å². The number of hydrogen-bond acceptors (Lipinski definition) is 5. The van der Waals surface area contributed by atoms with Crippen LogP contribution in [0.5, 0.6) is 5.75 Å². The summed E-state index contributed by atoms with van der Waals surface area (Å²) in [5.74, 6) is 0.735. The highest BCUT2D eigenvalue weighted by Crippen LogP contribution is 2.18. The number of likely N-dealkylation sites (N-methyl/N-ethyl adjacent to an activating group) is 1. The zero-order valence-corrected chi connectivity index (χ0v) is 16.2. The maximum absolute atomic E-state index is 12.7. The molecule has 1 amide bonds. The number of allylic oxidation sites excluding steroid dienone is 1. The van der Waals surface area contributed by atoms with Crippen LogP contribution >= 0.6 is 0 Å². The first-order chi connectivity index (χ1) is 12.4. The fraction of sp³-hybridized carbons (Fsp3) is 0.500. The lowest BCUT2D eigenvalue weighted by atomic mass is 10.1. The molecule has 1 aromatic rings. The van der Waals surface area contributed by atoms with Crippen LogP contribution in [0, 0.1) is 5.41 Å². The van der Waals surface area contributed by atoms with Crippen molar-refractivity contribution in [3.63, 3.8) is 0 Å². The smallest absolute Gasteiger partial charge is 0.253 e. The van der Waals surface area contributed by atoms with Gasteiger partial charge in [-0.15, -0.1) is 0 Å². The number of piperidine rings is 1. The van der Waals surface area contributed by atoms with Crippen LogP contribution in [-0.4, -0.2) is 56.4 Å². The molecule has 1 aliphatic heterocycles. The van der Waals surface area contributed by atoms with Gasteiger partial charge in [0, 0.05) is 43.2 Å². The maximum Gasteiger partial charge on any atom is 0.253 e. The minimum atomic E-state index is -0.0685. The molecule has 1 saturated heterocycles.